The fraction of sp³-hybridized carbons (Fsp3) is 0.385. The molecule has 1 atom stereocenters. The summed E-state index contributed by atoms with van der Waals surface area (Å²) in [6.07, 6.45) is 0.327. The number of ketones is 1. The van der Waals surface area contributed by atoms with Crippen LogP contribution < -0.4 is 0 Å². The van der Waals surface area contributed by atoms with Crippen LogP contribution in [0, 0.1) is 12.8 Å². The Hall–Kier alpha value is -1.64. The van der Waals surface area contributed by atoms with E-state index in [1.54, 1.807) is 13.0 Å². The average molecular weight is 220 g/mol. The Balaban J connectivity index is 2.62. The number of rotatable bonds is 5. The van der Waals surface area contributed by atoms with Crippen LogP contribution in [0.4, 0.5) is 0 Å². The van der Waals surface area contributed by atoms with Crippen LogP contribution in [-0.4, -0.2) is 16.9 Å². The molecule has 1 N–H and O–H groups in total. The Kier molecular flexibility index (Phi) is 4.23. The minimum atomic E-state index is -0.857. The van der Waals surface area contributed by atoms with E-state index in [0.29, 0.717) is 5.56 Å². The molecule has 0 amide bonds. The molecular weight excluding hydrogens is 204 g/mol. The smallest absolute Gasteiger partial charge is 0.303 e. The topological polar surface area (TPSA) is 54.4 Å². The summed E-state index contributed by atoms with van der Waals surface area (Å²) in [7, 11) is 0. The van der Waals surface area contributed by atoms with E-state index in [0.717, 1.165) is 5.56 Å². The third kappa shape index (κ3) is 3.85. The molecule has 86 valence electrons. The van der Waals surface area contributed by atoms with Crippen molar-refractivity contribution in [2.24, 2.45) is 5.92 Å². The highest BCUT2D eigenvalue weighted by molar-refractivity contribution is 5.96. The van der Waals surface area contributed by atoms with Gasteiger partial charge in [-0.05, 0) is 18.9 Å². The van der Waals surface area contributed by atoms with Crippen LogP contribution in [0.25, 0.3) is 0 Å². The Morgan fingerprint density at radius 2 is 2.00 bits per heavy atom. The lowest BCUT2D eigenvalue weighted by molar-refractivity contribution is -0.137. The number of carbonyl (C=O) groups is 2. The highest BCUT2D eigenvalue weighted by atomic mass is 16.4. The molecule has 3 nitrogen and oxygen atoms in total. The maximum atomic E-state index is 11.8. The molecule has 0 fully saturated rings. The minimum Gasteiger partial charge on any atom is -0.481 e. The van der Waals surface area contributed by atoms with Crippen LogP contribution in [0.5, 0.6) is 0 Å². The summed E-state index contributed by atoms with van der Waals surface area (Å²) in [6, 6.07) is 7.36. The van der Waals surface area contributed by atoms with E-state index in [1.165, 1.54) is 0 Å². The number of benzene rings is 1. The summed E-state index contributed by atoms with van der Waals surface area (Å²) in [6.45, 7) is 3.71. The minimum absolute atomic E-state index is 0.0115. The molecule has 0 saturated carbocycles. The Morgan fingerprint density at radius 3 is 2.56 bits per heavy atom. The van der Waals surface area contributed by atoms with Gasteiger partial charge in [0.2, 0.25) is 0 Å². The first-order valence-electron chi connectivity index (χ1n) is 5.30. The zero-order valence-electron chi connectivity index (χ0n) is 9.56. The predicted molar refractivity (Wildman–Crippen MR) is 61.5 cm³/mol. The first-order valence-corrected chi connectivity index (χ1v) is 5.30. The van der Waals surface area contributed by atoms with Gasteiger partial charge in [-0.3, -0.25) is 9.59 Å². The molecule has 1 aromatic carbocycles. The number of carbonyl (C=O) groups excluding carboxylic acids is 1. The lowest BCUT2D eigenvalue weighted by Crippen LogP contribution is -2.10. The molecule has 0 saturated heterocycles. The number of aliphatic carboxylic acids is 1. The lowest BCUT2D eigenvalue weighted by Gasteiger charge is -2.07. The molecule has 1 rings (SSSR count). The monoisotopic (exact) mass is 220 g/mol. The molecule has 1 aromatic rings. The second-order valence-corrected chi connectivity index (χ2v) is 4.20. The van der Waals surface area contributed by atoms with Gasteiger partial charge in [0.1, 0.15) is 0 Å². The van der Waals surface area contributed by atoms with E-state index < -0.39 is 5.97 Å². The van der Waals surface area contributed by atoms with E-state index >= 15 is 0 Å². The van der Waals surface area contributed by atoms with Gasteiger partial charge in [-0.15, -0.1) is 0 Å². The summed E-state index contributed by atoms with van der Waals surface area (Å²) in [5.41, 5.74) is 1.70. The number of hydrogen-bond donors (Lipinski definition) is 1. The summed E-state index contributed by atoms with van der Waals surface area (Å²) >= 11 is 0. The van der Waals surface area contributed by atoms with Gasteiger partial charge >= 0.3 is 5.97 Å². The van der Waals surface area contributed by atoms with E-state index in [2.05, 4.69) is 0 Å². The van der Waals surface area contributed by atoms with Crippen LogP contribution in [-0.2, 0) is 4.79 Å². The largest absolute Gasteiger partial charge is 0.481 e. The van der Waals surface area contributed by atoms with Crippen molar-refractivity contribution in [1.29, 1.82) is 0 Å². The summed E-state index contributed by atoms with van der Waals surface area (Å²) in [5.74, 6) is -0.965. The third-order valence-corrected chi connectivity index (χ3v) is 2.40. The Labute approximate surface area is 95.1 Å². The molecule has 0 radical (unpaired) electrons. The van der Waals surface area contributed by atoms with Gasteiger partial charge in [-0.25, -0.2) is 0 Å². The van der Waals surface area contributed by atoms with Crippen molar-refractivity contribution in [3.05, 3.63) is 35.4 Å². The summed E-state index contributed by atoms with van der Waals surface area (Å²) in [4.78, 5) is 22.3. The van der Waals surface area contributed by atoms with Crippen molar-refractivity contribution < 1.29 is 14.7 Å². The lowest BCUT2D eigenvalue weighted by atomic mass is 9.96. The molecule has 0 aliphatic carbocycles. The second-order valence-electron chi connectivity index (χ2n) is 4.20. The molecular formula is C13H16O3. The zero-order chi connectivity index (χ0) is 12.1. The van der Waals surface area contributed by atoms with Crippen molar-refractivity contribution in [2.45, 2.75) is 26.7 Å². The maximum Gasteiger partial charge on any atom is 0.303 e. The predicted octanol–water partition coefficient (Wildman–Crippen LogP) is 2.68. The van der Waals surface area contributed by atoms with Gasteiger partial charge in [0.05, 0.1) is 0 Å². The van der Waals surface area contributed by atoms with Gasteiger partial charge in [-0.1, -0.05) is 30.7 Å². The van der Waals surface area contributed by atoms with Crippen molar-refractivity contribution in [2.75, 3.05) is 0 Å². The normalized spacial score (nSPS) is 12.1. The fourth-order valence-electron chi connectivity index (χ4n) is 1.62. The molecule has 16 heavy (non-hydrogen) atoms. The molecule has 3 heteroatoms. The summed E-state index contributed by atoms with van der Waals surface area (Å²) < 4.78 is 0. The van der Waals surface area contributed by atoms with Crippen molar-refractivity contribution in [3.63, 3.8) is 0 Å². The van der Waals surface area contributed by atoms with Crippen LogP contribution >= 0.6 is 0 Å². The van der Waals surface area contributed by atoms with Crippen LogP contribution in [0.15, 0.2) is 24.3 Å². The van der Waals surface area contributed by atoms with Gasteiger partial charge in [-0.2, -0.15) is 0 Å². The molecule has 0 aliphatic heterocycles. The van der Waals surface area contributed by atoms with Crippen LogP contribution in [0.1, 0.15) is 35.7 Å². The SMILES string of the molecule is Cc1cccc(C(=O)C[C@@H](C)CC(=O)O)c1. The molecule has 0 unspecified atom stereocenters. The number of hydrogen-bond acceptors (Lipinski definition) is 2. The van der Waals surface area contributed by atoms with Gasteiger partial charge < -0.3 is 5.11 Å². The number of Topliss-reactive ketones (excluding diaryl/α,β-unsaturated/α-hetero) is 1. The standard InChI is InChI=1S/C13H16O3/c1-9-4-3-5-11(6-9)12(14)7-10(2)8-13(15)16/h3-6,10H,7-8H2,1-2H3,(H,15,16)/t10-/m1/s1. The second kappa shape index (κ2) is 5.45. The van der Waals surface area contributed by atoms with Gasteiger partial charge in [0.25, 0.3) is 0 Å². The first kappa shape index (κ1) is 12.4. The first-order chi connectivity index (χ1) is 7.49. The Morgan fingerprint density at radius 1 is 1.31 bits per heavy atom. The molecule has 0 heterocycles. The quantitative estimate of drug-likeness (QED) is 0.776. The molecule has 0 aromatic heterocycles. The van der Waals surface area contributed by atoms with E-state index in [9.17, 15) is 9.59 Å². The van der Waals surface area contributed by atoms with Gasteiger partial charge in [0.15, 0.2) is 5.78 Å². The van der Waals surface area contributed by atoms with E-state index in [1.807, 2.05) is 25.1 Å². The third-order valence-electron chi connectivity index (χ3n) is 2.40. The molecule has 0 spiro atoms. The van der Waals surface area contributed by atoms with Crippen molar-refractivity contribution >= 4 is 11.8 Å². The molecule has 0 bridgehead atoms. The van der Waals surface area contributed by atoms with Crippen LogP contribution in [0.3, 0.4) is 0 Å². The van der Waals surface area contributed by atoms with Crippen molar-refractivity contribution in [1.82, 2.24) is 0 Å². The highest BCUT2D eigenvalue weighted by Gasteiger charge is 2.13. The number of aryl methyl sites for hydroxylation is 1. The van der Waals surface area contributed by atoms with E-state index in [4.69, 9.17) is 5.11 Å². The van der Waals surface area contributed by atoms with Gasteiger partial charge in [0, 0.05) is 18.4 Å². The molecule has 0 aliphatic rings. The highest BCUT2D eigenvalue weighted by Crippen LogP contribution is 2.13. The average Bonchev–Trinajstić information content (AvgIpc) is 2.16. The summed E-state index contributed by atoms with van der Waals surface area (Å²) in [5, 5.41) is 8.60. The van der Waals surface area contributed by atoms with E-state index in [-0.39, 0.29) is 24.5 Å². The number of carboxylic acid groups (broad SMARTS) is 1. The fourth-order valence-corrected chi connectivity index (χ4v) is 1.62. The van der Waals surface area contributed by atoms with Crippen LogP contribution in [0.2, 0.25) is 0 Å². The zero-order valence-corrected chi connectivity index (χ0v) is 9.56. The Bertz CT molecular complexity index is 396. The number of carboxylic acids is 1. The maximum absolute atomic E-state index is 11.8. The van der Waals surface area contributed by atoms with Crippen molar-refractivity contribution in [3.8, 4) is 0 Å².